The van der Waals surface area contributed by atoms with Gasteiger partial charge in [-0.25, -0.2) is 0 Å². The fourth-order valence-electron chi connectivity index (χ4n) is 1.43. The number of amidine groups is 1. The van der Waals surface area contributed by atoms with Crippen molar-refractivity contribution in [1.29, 1.82) is 0 Å². The van der Waals surface area contributed by atoms with Crippen LogP contribution in [0.15, 0.2) is 28.1 Å². The number of oxime groups is 1. The van der Waals surface area contributed by atoms with Crippen LogP contribution in [0.2, 0.25) is 0 Å². The lowest BCUT2D eigenvalue weighted by molar-refractivity contribution is 0.0472. The van der Waals surface area contributed by atoms with Gasteiger partial charge in [-0.05, 0) is 13.0 Å². The van der Waals surface area contributed by atoms with Crippen molar-refractivity contribution in [3.8, 4) is 0 Å². The molecule has 0 spiro atoms. The second kappa shape index (κ2) is 6.18. The minimum atomic E-state index is -0.453. The summed E-state index contributed by atoms with van der Waals surface area (Å²) in [5, 5.41) is 11.7. The van der Waals surface area contributed by atoms with E-state index in [4.69, 9.17) is 15.1 Å². The third kappa shape index (κ3) is 3.56. The first kappa shape index (κ1) is 14.0. The van der Waals surface area contributed by atoms with Gasteiger partial charge < -0.3 is 15.1 Å². The summed E-state index contributed by atoms with van der Waals surface area (Å²) >= 11 is 0. The molecule has 2 aromatic heterocycles. The van der Waals surface area contributed by atoms with Crippen LogP contribution in [0.5, 0.6) is 0 Å². The molecular formula is C12H18N6O2. The maximum absolute atomic E-state index is 5.74. The number of hydrogen-bond donors (Lipinski definition) is 1. The maximum Gasteiger partial charge on any atom is 0.270 e. The molecule has 0 fully saturated rings. The van der Waals surface area contributed by atoms with Crippen LogP contribution in [0.3, 0.4) is 0 Å². The Kier molecular flexibility index (Phi) is 4.34. The molecule has 0 radical (unpaired) electrons. The smallest absolute Gasteiger partial charge is 0.270 e. The first-order valence-electron chi connectivity index (χ1n) is 6.35. The normalized spacial score (nSPS) is 13.7. The van der Waals surface area contributed by atoms with Crippen molar-refractivity contribution < 1.29 is 9.36 Å². The second-order valence-corrected chi connectivity index (χ2v) is 4.68. The van der Waals surface area contributed by atoms with Gasteiger partial charge in [0.15, 0.2) is 11.7 Å². The Morgan fingerprint density at radius 1 is 1.50 bits per heavy atom. The predicted molar refractivity (Wildman–Crippen MR) is 71.7 cm³/mol. The Hall–Kier alpha value is -2.38. The molecule has 0 saturated carbocycles. The highest BCUT2D eigenvalue weighted by Gasteiger charge is 2.17. The van der Waals surface area contributed by atoms with E-state index in [1.807, 2.05) is 19.9 Å². The van der Waals surface area contributed by atoms with Crippen molar-refractivity contribution in [3.63, 3.8) is 0 Å². The lowest BCUT2D eigenvalue weighted by Crippen LogP contribution is -2.20. The lowest BCUT2D eigenvalue weighted by Gasteiger charge is -2.06. The molecule has 0 aromatic carbocycles. The van der Waals surface area contributed by atoms with Crippen LogP contribution in [-0.4, -0.2) is 25.8 Å². The highest BCUT2D eigenvalue weighted by atomic mass is 16.6. The summed E-state index contributed by atoms with van der Waals surface area (Å²) in [7, 11) is 0. The summed E-state index contributed by atoms with van der Waals surface area (Å²) < 4.78 is 6.76. The molecule has 0 unspecified atom stereocenters. The van der Waals surface area contributed by atoms with Crippen LogP contribution in [0.1, 0.15) is 44.5 Å². The quantitative estimate of drug-likeness (QED) is 0.487. The van der Waals surface area contributed by atoms with Gasteiger partial charge in [0.05, 0.1) is 0 Å². The Bertz CT molecular complexity index is 560. The summed E-state index contributed by atoms with van der Waals surface area (Å²) in [6.07, 6.45) is 3.01. The molecule has 108 valence electrons. The van der Waals surface area contributed by atoms with E-state index in [0.717, 1.165) is 0 Å². The Morgan fingerprint density at radius 3 is 2.90 bits per heavy atom. The fraction of sp³-hybridized carbons (Fsp3) is 0.500. The molecule has 20 heavy (non-hydrogen) atoms. The molecule has 0 aliphatic carbocycles. The van der Waals surface area contributed by atoms with Crippen LogP contribution >= 0.6 is 0 Å². The molecular weight excluding hydrogens is 260 g/mol. The van der Waals surface area contributed by atoms with Gasteiger partial charge in [0.1, 0.15) is 6.54 Å². The SMILES string of the molecule is CC(C)c1noc([C@H](C)O/N=C(\N)Cn2cccn2)n1. The first-order chi connectivity index (χ1) is 9.56. The number of hydrogen-bond acceptors (Lipinski definition) is 6. The topological polar surface area (TPSA) is 104 Å². The van der Waals surface area contributed by atoms with Gasteiger partial charge in [-0.2, -0.15) is 10.1 Å². The molecule has 2 heterocycles. The van der Waals surface area contributed by atoms with Crippen LogP contribution < -0.4 is 5.73 Å². The lowest BCUT2D eigenvalue weighted by atomic mass is 10.2. The van der Waals surface area contributed by atoms with E-state index in [-0.39, 0.29) is 5.92 Å². The molecule has 2 N–H and O–H groups in total. The number of nitrogens with two attached hydrogens (primary N) is 1. The second-order valence-electron chi connectivity index (χ2n) is 4.68. The van der Waals surface area contributed by atoms with E-state index in [1.165, 1.54) is 0 Å². The van der Waals surface area contributed by atoms with Gasteiger partial charge in [0.25, 0.3) is 5.89 Å². The first-order valence-corrected chi connectivity index (χ1v) is 6.35. The van der Waals surface area contributed by atoms with Crippen molar-refractivity contribution >= 4 is 5.84 Å². The van der Waals surface area contributed by atoms with Crippen molar-refractivity contribution in [2.75, 3.05) is 0 Å². The van der Waals surface area contributed by atoms with Crippen molar-refractivity contribution in [3.05, 3.63) is 30.2 Å². The third-order valence-electron chi connectivity index (χ3n) is 2.53. The summed E-state index contributed by atoms with van der Waals surface area (Å²) in [6.45, 7) is 6.10. The molecule has 0 aliphatic heterocycles. The van der Waals surface area contributed by atoms with E-state index in [0.29, 0.717) is 24.1 Å². The fourth-order valence-corrected chi connectivity index (χ4v) is 1.43. The van der Waals surface area contributed by atoms with Gasteiger partial charge in [0, 0.05) is 18.3 Å². The van der Waals surface area contributed by atoms with Crippen molar-refractivity contribution in [2.24, 2.45) is 10.9 Å². The standard InChI is InChI=1S/C12H18N6O2/c1-8(2)11-15-12(20-17-11)9(3)19-16-10(13)7-18-6-4-5-14-18/h4-6,8-9H,7H2,1-3H3,(H2,13,16)/t9-/m0/s1. The van der Waals surface area contributed by atoms with Gasteiger partial charge in [-0.1, -0.05) is 24.2 Å². The third-order valence-corrected chi connectivity index (χ3v) is 2.53. The van der Waals surface area contributed by atoms with E-state index in [9.17, 15) is 0 Å². The minimum Gasteiger partial charge on any atom is -0.383 e. The summed E-state index contributed by atoms with van der Waals surface area (Å²) in [6, 6.07) is 1.81. The largest absolute Gasteiger partial charge is 0.383 e. The molecule has 8 nitrogen and oxygen atoms in total. The van der Waals surface area contributed by atoms with Crippen LogP contribution in [0.4, 0.5) is 0 Å². The van der Waals surface area contributed by atoms with Gasteiger partial charge >= 0.3 is 0 Å². The highest BCUT2D eigenvalue weighted by molar-refractivity contribution is 5.79. The zero-order valence-electron chi connectivity index (χ0n) is 11.7. The number of rotatable bonds is 6. The van der Waals surface area contributed by atoms with Crippen molar-refractivity contribution in [2.45, 2.75) is 39.3 Å². The number of nitrogens with zero attached hydrogens (tertiary/aromatic N) is 5. The van der Waals surface area contributed by atoms with E-state index >= 15 is 0 Å². The summed E-state index contributed by atoms with van der Waals surface area (Å²) in [5.74, 6) is 1.53. The van der Waals surface area contributed by atoms with Gasteiger partial charge in [0.2, 0.25) is 6.10 Å². The molecule has 2 aromatic rings. The van der Waals surface area contributed by atoms with E-state index in [1.54, 1.807) is 24.0 Å². The van der Waals surface area contributed by atoms with Crippen LogP contribution in [0.25, 0.3) is 0 Å². The minimum absolute atomic E-state index is 0.202. The Labute approximate surface area is 116 Å². The molecule has 0 amide bonds. The van der Waals surface area contributed by atoms with Gasteiger partial charge in [-0.3, -0.25) is 4.68 Å². The van der Waals surface area contributed by atoms with Crippen LogP contribution in [0, 0.1) is 0 Å². The molecule has 2 rings (SSSR count). The van der Waals surface area contributed by atoms with Crippen molar-refractivity contribution in [1.82, 2.24) is 19.9 Å². The number of aromatic nitrogens is 4. The predicted octanol–water partition coefficient (Wildman–Crippen LogP) is 1.44. The summed E-state index contributed by atoms with van der Waals surface area (Å²) in [5.41, 5.74) is 5.74. The van der Waals surface area contributed by atoms with E-state index in [2.05, 4.69) is 20.4 Å². The average Bonchev–Trinajstić information content (AvgIpc) is 3.06. The zero-order chi connectivity index (χ0) is 14.5. The molecule has 0 bridgehead atoms. The van der Waals surface area contributed by atoms with Gasteiger partial charge in [-0.15, -0.1) is 0 Å². The highest BCUT2D eigenvalue weighted by Crippen LogP contribution is 2.17. The van der Waals surface area contributed by atoms with Crippen LogP contribution in [-0.2, 0) is 11.4 Å². The summed E-state index contributed by atoms with van der Waals surface area (Å²) in [4.78, 5) is 9.49. The Balaban J connectivity index is 1.91. The molecule has 0 saturated heterocycles. The zero-order valence-corrected chi connectivity index (χ0v) is 11.7. The molecule has 1 atom stereocenters. The molecule has 0 aliphatic rings. The monoisotopic (exact) mass is 278 g/mol. The van der Waals surface area contributed by atoms with E-state index < -0.39 is 6.10 Å². The molecule has 8 heteroatoms. The average molecular weight is 278 g/mol. The Morgan fingerprint density at radius 2 is 2.30 bits per heavy atom. The maximum atomic E-state index is 5.74.